The minimum Gasteiger partial charge on any atom is -0.457 e. The summed E-state index contributed by atoms with van der Waals surface area (Å²) in [7, 11) is 0. The molecule has 0 unspecified atom stereocenters. The lowest BCUT2D eigenvalue weighted by Crippen LogP contribution is -2.25. The largest absolute Gasteiger partial charge is 0.457 e. The van der Waals surface area contributed by atoms with E-state index in [1.165, 1.54) is 0 Å². The second kappa shape index (κ2) is 5.43. The molecule has 3 heteroatoms. The van der Waals surface area contributed by atoms with E-state index in [0.717, 1.165) is 6.42 Å². The highest BCUT2D eigenvalue weighted by atomic mass is 79.9. The number of hydrogen-bond donors (Lipinski definition) is 0. The van der Waals surface area contributed by atoms with Crippen molar-refractivity contribution >= 4 is 21.9 Å². The zero-order chi connectivity index (χ0) is 10.5. The number of carbonyl (C=O) groups excluding carboxylic acids is 1. The third-order valence-corrected chi connectivity index (χ3v) is 1.86. The van der Waals surface area contributed by atoms with Crippen LogP contribution in [0.5, 0.6) is 0 Å². The van der Waals surface area contributed by atoms with E-state index in [2.05, 4.69) is 15.9 Å². The minimum absolute atomic E-state index is 0.230. The van der Waals surface area contributed by atoms with E-state index < -0.39 is 5.60 Å². The molecular weight excluding hydrogens is 232 g/mol. The van der Waals surface area contributed by atoms with Crippen molar-refractivity contribution in [2.45, 2.75) is 39.7 Å². The highest BCUT2D eigenvalue weighted by Gasteiger charge is 2.18. The monoisotopic (exact) mass is 248 g/mol. The Labute approximate surface area is 88.5 Å². The van der Waals surface area contributed by atoms with Gasteiger partial charge in [0.2, 0.25) is 0 Å². The topological polar surface area (TPSA) is 26.3 Å². The second-order valence-corrected chi connectivity index (χ2v) is 4.33. The molecule has 0 aliphatic heterocycles. The van der Waals surface area contributed by atoms with Gasteiger partial charge in [0.1, 0.15) is 5.60 Å². The van der Waals surface area contributed by atoms with Crippen molar-refractivity contribution in [2.24, 2.45) is 0 Å². The predicted molar refractivity (Wildman–Crippen MR) is 58.0 cm³/mol. The van der Waals surface area contributed by atoms with Crippen molar-refractivity contribution in [1.29, 1.82) is 0 Å². The first-order chi connectivity index (χ1) is 5.90. The van der Waals surface area contributed by atoms with Crippen LogP contribution in [0.2, 0.25) is 0 Å². The van der Waals surface area contributed by atoms with Gasteiger partial charge < -0.3 is 4.74 Å². The molecule has 13 heavy (non-hydrogen) atoms. The standard InChI is InChI=1S/C10H17BrO2/c1-5-6-8(7-11)9(12)13-10(2,3)4/h6H,5,7H2,1-4H3. The van der Waals surface area contributed by atoms with Crippen molar-refractivity contribution in [3.05, 3.63) is 11.6 Å². The molecule has 0 amide bonds. The summed E-state index contributed by atoms with van der Waals surface area (Å²) in [6, 6.07) is 0. The van der Waals surface area contributed by atoms with E-state index >= 15 is 0 Å². The molecule has 0 aromatic rings. The van der Waals surface area contributed by atoms with Gasteiger partial charge in [0.05, 0.1) is 0 Å². The predicted octanol–water partition coefficient (Wildman–Crippen LogP) is 3.06. The Hall–Kier alpha value is -0.310. The lowest BCUT2D eigenvalue weighted by Gasteiger charge is -2.20. The van der Waals surface area contributed by atoms with Crippen molar-refractivity contribution in [1.82, 2.24) is 0 Å². The first-order valence-electron chi connectivity index (χ1n) is 4.39. The Bertz CT molecular complexity index is 201. The van der Waals surface area contributed by atoms with Gasteiger partial charge in [-0.05, 0) is 27.2 Å². The third kappa shape index (κ3) is 5.86. The maximum Gasteiger partial charge on any atom is 0.335 e. The van der Waals surface area contributed by atoms with Crippen LogP contribution in [0.25, 0.3) is 0 Å². The van der Waals surface area contributed by atoms with Gasteiger partial charge in [-0.3, -0.25) is 0 Å². The van der Waals surface area contributed by atoms with Crippen LogP contribution in [-0.2, 0) is 9.53 Å². The lowest BCUT2D eigenvalue weighted by atomic mass is 10.2. The normalized spacial score (nSPS) is 12.8. The molecule has 0 fully saturated rings. The van der Waals surface area contributed by atoms with Gasteiger partial charge in [0, 0.05) is 10.9 Å². The molecule has 0 saturated carbocycles. The summed E-state index contributed by atoms with van der Waals surface area (Å²) >= 11 is 3.26. The van der Waals surface area contributed by atoms with Gasteiger partial charge in [0.25, 0.3) is 0 Å². The third-order valence-electron chi connectivity index (χ3n) is 1.26. The van der Waals surface area contributed by atoms with Crippen LogP contribution in [0.15, 0.2) is 11.6 Å². The maximum absolute atomic E-state index is 11.5. The smallest absolute Gasteiger partial charge is 0.335 e. The Morgan fingerprint density at radius 2 is 2.00 bits per heavy atom. The molecule has 0 aliphatic carbocycles. The summed E-state index contributed by atoms with van der Waals surface area (Å²) in [5, 5.41) is 0.551. The number of hydrogen-bond acceptors (Lipinski definition) is 2. The summed E-state index contributed by atoms with van der Waals surface area (Å²) in [5.74, 6) is -0.230. The van der Waals surface area contributed by atoms with E-state index in [9.17, 15) is 4.79 Å². The van der Waals surface area contributed by atoms with Gasteiger partial charge >= 0.3 is 5.97 Å². The van der Waals surface area contributed by atoms with Crippen LogP contribution in [0.4, 0.5) is 0 Å². The Morgan fingerprint density at radius 3 is 2.31 bits per heavy atom. The summed E-state index contributed by atoms with van der Waals surface area (Å²) in [5.41, 5.74) is 0.281. The molecule has 76 valence electrons. The fourth-order valence-corrected chi connectivity index (χ4v) is 1.24. The number of halogens is 1. The lowest BCUT2D eigenvalue weighted by molar-refractivity contribution is -0.149. The van der Waals surface area contributed by atoms with Gasteiger partial charge in [-0.2, -0.15) is 0 Å². The van der Waals surface area contributed by atoms with Gasteiger partial charge in [-0.1, -0.05) is 28.9 Å². The first-order valence-corrected chi connectivity index (χ1v) is 5.51. The molecule has 2 nitrogen and oxygen atoms in total. The summed E-state index contributed by atoms with van der Waals surface area (Å²) < 4.78 is 5.21. The van der Waals surface area contributed by atoms with E-state index in [4.69, 9.17) is 4.74 Å². The van der Waals surface area contributed by atoms with Crippen molar-refractivity contribution in [2.75, 3.05) is 5.33 Å². The van der Waals surface area contributed by atoms with Gasteiger partial charge in [-0.15, -0.1) is 0 Å². The van der Waals surface area contributed by atoms with Crippen LogP contribution < -0.4 is 0 Å². The average molecular weight is 249 g/mol. The van der Waals surface area contributed by atoms with Gasteiger partial charge in [0.15, 0.2) is 0 Å². The van der Waals surface area contributed by atoms with E-state index in [-0.39, 0.29) is 5.97 Å². The number of rotatable bonds is 3. The average Bonchev–Trinajstić information content (AvgIpc) is 1.96. The SMILES string of the molecule is CCC=C(CBr)C(=O)OC(C)(C)C. The molecule has 0 heterocycles. The fraction of sp³-hybridized carbons (Fsp3) is 0.700. The maximum atomic E-state index is 11.5. The highest BCUT2D eigenvalue weighted by molar-refractivity contribution is 9.09. The van der Waals surface area contributed by atoms with Gasteiger partial charge in [-0.25, -0.2) is 4.79 Å². The zero-order valence-electron chi connectivity index (χ0n) is 8.69. The van der Waals surface area contributed by atoms with Crippen LogP contribution in [0.1, 0.15) is 34.1 Å². The highest BCUT2D eigenvalue weighted by Crippen LogP contribution is 2.12. The molecule has 0 N–H and O–H groups in total. The summed E-state index contributed by atoms with van der Waals surface area (Å²) in [4.78, 5) is 11.5. The molecule has 0 rings (SSSR count). The van der Waals surface area contributed by atoms with E-state index in [1.54, 1.807) is 0 Å². The van der Waals surface area contributed by atoms with Crippen molar-refractivity contribution < 1.29 is 9.53 Å². The number of ether oxygens (including phenoxy) is 1. The van der Waals surface area contributed by atoms with Crippen molar-refractivity contribution in [3.63, 3.8) is 0 Å². The molecule has 0 spiro atoms. The fourth-order valence-electron chi connectivity index (χ4n) is 0.782. The molecule has 0 aromatic heterocycles. The summed E-state index contributed by atoms with van der Waals surface area (Å²) in [6.45, 7) is 7.58. The molecule has 0 radical (unpaired) electrons. The van der Waals surface area contributed by atoms with Crippen LogP contribution in [0, 0.1) is 0 Å². The quantitative estimate of drug-likeness (QED) is 0.436. The number of allylic oxidation sites excluding steroid dienone is 1. The molecule has 0 bridgehead atoms. The Kier molecular flexibility index (Phi) is 5.30. The zero-order valence-corrected chi connectivity index (χ0v) is 10.3. The summed E-state index contributed by atoms with van der Waals surface area (Å²) in [6.07, 6.45) is 2.73. The first kappa shape index (κ1) is 12.7. The second-order valence-electron chi connectivity index (χ2n) is 3.77. The molecule has 0 atom stereocenters. The van der Waals surface area contributed by atoms with E-state index in [0.29, 0.717) is 10.9 Å². The number of carbonyl (C=O) groups is 1. The van der Waals surface area contributed by atoms with Crippen LogP contribution >= 0.6 is 15.9 Å². The molecular formula is C10H17BrO2. The Balaban J connectivity index is 4.32. The molecule has 0 aromatic carbocycles. The van der Waals surface area contributed by atoms with E-state index in [1.807, 2.05) is 33.8 Å². The molecule has 0 aliphatic rings. The number of esters is 1. The Morgan fingerprint density at radius 1 is 1.46 bits per heavy atom. The van der Waals surface area contributed by atoms with Crippen LogP contribution in [-0.4, -0.2) is 16.9 Å². The van der Waals surface area contributed by atoms with Crippen molar-refractivity contribution in [3.8, 4) is 0 Å². The van der Waals surface area contributed by atoms with Crippen LogP contribution in [0.3, 0.4) is 0 Å². The minimum atomic E-state index is -0.411. The number of alkyl halides is 1. The molecule has 0 saturated heterocycles.